The fraction of sp³-hybridized carbons (Fsp3) is 0.485. The Bertz CT molecular complexity index is 3710. The van der Waals surface area contributed by atoms with Crippen molar-refractivity contribution in [1.82, 2.24) is 75.0 Å². The number of carbonyl (C=O) groups excluding carboxylic acids is 2. The van der Waals surface area contributed by atoms with Gasteiger partial charge in [-0.2, -0.15) is 0 Å². The van der Waals surface area contributed by atoms with E-state index in [4.69, 9.17) is 10.2 Å². The summed E-state index contributed by atoms with van der Waals surface area (Å²) in [4.78, 5) is 42.0. The lowest BCUT2D eigenvalue weighted by Crippen LogP contribution is -2.01. The predicted molar refractivity (Wildman–Crippen MR) is 495 cm³/mol. The molecule has 0 aliphatic carbocycles. The van der Waals surface area contributed by atoms with Crippen molar-refractivity contribution >= 4 is 23.9 Å². The Kier molecular flexibility index (Phi) is 74.7. The van der Waals surface area contributed by atoms with Gasteiger partial charge in [-0.15, -0.1) is 25.5 Å². The highest BCUT2D eigenvalue weighted by molar-refractivity contribution is 5.87. The van der Waals surface area contributed by atoms with E-state index in [9.17, 15) is 19.2 Å². The number of carboxylic acid groups (broad SMARTS) is 2. The topological polar surface area (TPSA) is 281 Å². The van der Waals surface area contributed by atoms with Crippen molar-refractivity contribution in [3.05, 3.63) is 264 Å². The molecular formula is C97H153N15O8. The molecule has 11 rings (SSSR count). The first-order valence-corrected chi connectivity index (χ1v) is 42.8. The van der Waals surface area contributed by atoms with Crippen LogP contribution in [0.2, 0.25) is 0 Å². The van der Waals surface area contributed by atoms with E-state index in [1.165, 1.54) is 95.9 Å². The number of aromatic carboxylic acids is 2. The molecule has 0 fully saturated rings. The van der Waals surface area contributed by atoms with Crippen molar-refractivity contribution in [3.8, 4) is 11.3 Å². The predicted octanol–water partition coefficient (Wildman–Crippen LogP) is 23.6. The van der Waals surface area contributed by atoms with Crippen LogP contribution in [0.3, 0.4) is 0 Å². The average molecular weight is 1660 g/mol. The third kappa shape index (κ3) is 64.9. The summed E-state index contributed by atoms with van der Waals surface area (Å²) in [5.74, 6) is 1.43. The minimum Gasteiger partial charge on any atom is -0.476 e. The van der Waals surface area contributed by atoms with E-state index in [2.05, 4.69) is 321 Å². The Morgan fingerprint density at radius 3 is 0.592 bits per heavy atom. The van der Waals surface area contributed by atoms with Crippen LogP contribution in [0, 0.1) is 29.6 Å². The highest BCUT2D eigenvalue weighted by atomic mass is 16.5. The van der Waals surface area contributed by atoms with Crippen molar-refractivity contribution in [2.75, 3.05) is 14.2 Å². The molecule has 0 spiro atoms. The van der Waals surface area contributed by atoms with Gasteiger partial charge in [0.15, 0.2) is 22.8 Å². The zero-order valence-electron chi connectivity index (χ0n) is 78.3. The second-order valence-corrected chi connectivity index (χ2v) is 28.5. The van der Waals surface area contributed by atoms with E-state index in [1.807, 2.05) is 106 Å². The second-order valence-electron chi connectivity index (χ2n) is 28.5. The van der Waals surface area contributed by atoms with E-state index in [-0.39, 0.29) is 22.8 Å². The van der Waals surface area contributed by atoms with Crippen LogP contribution in [0.15, 0.2) is 213 Å². The van der Waals surface area contributed by atoms with E-state index in [1.54, 1.807) is 21.8 Å². The van der Waals surface area contributed by atoms with E-state index >= 15 is 0 Å². The second kappa shape index (κ2) is 77.8. The smallest absolute Gasteiger partial charge is 0.360 e. The van der Waals surface area contributed by atoms with Gasteiger partial charge in [-0.3, -0.25) is 23.4 Å². The number of carbonyl (C=O) groups is 4. The van der Waals surface area contributed by atoms with Gasteiger partial charge in [-0.05, 0) is 124 Å². The highest BCUT2D eigenvalue weighted by Crippen LogP contribution is 2.15. The zero-order valence-corrected chi connectivity index (χ0v) is 78.3. The first kappa shape index (κ1) is 115. The number of nitrogens with zero attached hydrogens (tertiary/aromatic N) is 15. The molecule has 11 aromatic rings. The molecule has 0 atom stereocenters. The molecule has 0 aliphatic heterocycles. The maximum atomic E-state index is 10.8. The van der Waals surface area contributed by atoms with Gasteiger partial charge in [0.1, 0.15) is 5.69 Å². The molecular weight excluding hydrogens is 1500 g/mol. The van der Waals surface area contributed by atoms with E-state index in [0.717, 1.165) is 79.5 Å². The average Bonchev–Trinajstić information content (AvgIpc) is 1.77. The Balaban J connectivity index is -0.000000606. The third-order valence-corrected chi connectivity index (χ3v) is 16.9. The summed E-state index contributed by atoms with van der Waals surface area (Å²) >= 11 is 0. The standard InChI is InChI=1S/C10H11N3.5C8H10.2C6H9N3O2.2C5H7N3O2.5C5H12/c1-2-13-8-10(11-12-13)9-6-4-3-5-7-9;5*1-2-8-6-4-3-5-7-8;2*1-3-9-4-5(7-8-9)6(10)11-2;2*1-2-8-3-4(5(9)10)6-7-8;5*1-4-5(2)3/h3-8H,2H2,1H3;5*3-7H,2H2,1H3;2*4H,3H2,1-2H3;2*3H,2H2,1H3,(H,9,10);5*5H,4H2,1-3H3. The molecule has 5 aromatic heterocycles. The minimum absolute atomic E-state index is 0.0122. The number of benzene rings is 6. The monoisotopic (exact) mass is 1660 g/mol. The lowest BCUT2D eigenvalue weighted by Gasteiger charge is -1.92. The van der Waals surface area contributed by atoms with Gasteiger partial charge in [0, 0.05) is 38.3 Å². The summed E-state index contributed by atoms with van der Waals surface area (Å²) in [6, 6.07) is 62.3. The molecule has 120 heavy (non-hydrogen) atoms. The van der Waals surface area contributed by atoms with Gasteiger partial charge in [-0.25, -0.2) is 19.2 Å². The third-order valence-electron chi connectivity index (χ3n) is 16.9. The first-order chi connectivity index (χ1) is 57.4. The molecule has 6 aromatic carbocycles. The van der Waals surface area contributed by atoms with Crippen molar-refractivity contribution in [2.24, 2.45) is 29.6 Å². The molecule has 23 nitrogen and oxygen atoms in total. The van der Waals surface area contributed by atoms with Gasteiger partial charge >= 0.3 is 23.9 Å². The Hall–Kier alpha value is -11.1. The first-order valence-electron chi connectivity index (χ1n) is 42.8. The Labute approximate surface area is 722 Å². The molecule has 0 saturated carbocycles. The van der Waals surface area contributed by atoms with Crippen LogP contribution in [0.4, 0.5) is 0 Å². The van der Waals surface area contributed by atoms with Crippen molar-refractivity contribution in [1.29, 1.82) is 0 Å². The molecule has 0 amide bonds. The Morgan fingerprint density at radius 2 is 0.450 bits per heavy atom. The van der Waals surface area contributed by atoms with E-state index < -0.39 is 23.9 Å². The minimum atomic E-state index is -1.04. The lowest BCUT2D eigenvalue weighted by atomic mass is 10.2. The van der Waals surface area contributed by atoms with Crippen LogP contribution >= 0.6 is 0 Å². The van der Waals surface area contributed by atoms with Crippen LogP contribution in [-0.2, 0) is 74.3 Å². The zero-order chi connectivity index (χ0) is 91.3. The molecule has 2 N–H and O–H groups in total. The van der Waals surface area contributed by atoms with Crippen LogP contribution in [0.1, 0.15) is 275 Å². The van der Waals surface area contributed by atoms with E-state index in [0.29, 0.717) is 26.2 Å². The largest absolute Gasteiger partial charge is 0.476 e. The lowest BCUT2D eigenvalue weighted by molar-refractivity contribution is 0.0585. The van der Waals surface area contributed by atoms with Crippen molar-refractivity contribution in [3.63, 3.8) is 0 Å². The summed E-state index contributed by atoms with van der Waals surface area (Å²) < 4.78 is 16.7. The quantitative estimate of drug-likeness (QED) is 0.0671. The fourth-order valence-corrected chi connectivity index (χ4v) is 7.17. The number of hydrogen-bond donors (Lipinski definition) is 2. The van der Waals surface area contributed by atoms with Gasteiger partial charge in [-0.1, -0.05) is 379 Å². The van der Waals surface area contributed by atoms with Crippen molar-refractivity contribution < 1.29 is 38.9 Å². The van der Waals surface area contributed by atoms with Gasteiger partial charge < -0.3 is 19.7 Å². The van der Waals surface area contributed by atoms with Crippen molar-refractivity contribution in [2.45, 2.75) is 270 Å². The number of carboxylic acids is 2. The maximum Gasteiger partial charge on any atom is 0.360 e. The number of aromatic nitrogens is 15. The number of methoxy groups -OCH3 is 2. The summed E-state index contributed by atoms with van der Waals surface area (Å²) in [5.41, 5.74) is 9.56. The fourth-order valence-electron chi connectivity index (χ4n) is 7.17. The molecule has 0 unspecified atom stereocenters. The molecule has 5 heterocycles. The molecule has 0 aliphatic rings. The number of esters is 2. The van der Waals surface area contributed by atoms with Gasteiger partial charge in [0.2, 0.25) is 0 Å². The molecule has 23 heteroatoms. The SMILES string of the molecule is CCC(C)C.CCC(C)C.CCC(C)C.CCC(C)C.CCC(C)C.CCc1ccccc1.CCc1ccccc1.CCc1ccccc1.CCc1ccccc1.CCc1ccccc1.CCn1cc(-c2ccccc2)nn1.CCn1cc(C(=O)O)nn1.CCn1cc(C(=O)O)nn1.CCn1cc(C(=O)OC)nn1.CCn1cc(C(=O)OC)nn1. The molecule has 664 valence electrons. The van der Waals surface area contributed by atoms with Crippen LogP contribution < -0.4 is 0 Å². The highest BCUT2D eigenvalue weighted by Gasteiger charge is 2.11. The summed E-state index contributed by atoms with van der Waals surface area (Å²) in [6.45, 7) is 57.2. The number of ether oxygens (including phenoxy) is 2. The van der Waals surface area contributed by atoms with Gasteiger partial charge in [0.05, 0.1) is 45.2 Å². The molecule has 0 saturated heterocycles. The molecule has 0 bridgehead atoms. The number of rotatable bonds is 20. The normalized spacial score (nSPS) is 9.53. The molecule has 0 radical (unpaired) electrons. The van der Waals surface area contributed by atoms with Crippen LogP contribution in [-0.4, -0.2) is 123 Å². The number of aryl methyl sites for hydroxylation is 10. The summed E-state index contributed by atoms with van der Waals surface area (Å²) in [7, 11) is 2.63. The van der Waals surface area contributed by atoms with Crippen LogP contribution in [0.5, 0.6) is 0 Å². The summed E-state index contributed by atoms with van der Waals surface area (Å²) in [5, 5.41) is 53.2. The number of hydrogen-bond acceptors (Lipinski definition) is 16. The maximum absolute atomic E-state index is 10.8. The van der Waals surface area contributed by atoms with Gasteiger partial charge in [0.25, 0.3) is 0 Å². The Morgan fingerprint density at radius 1 is 0.275 bits per heavy atom. The summed E-state index contributed by atoms with van der Waals surface area (Å²) in [6.07, 6.45) is 20.1. The van der Waals surface area contributed by atoms with Crippen LogP contribution in [0.25, 0.3) is 11.3 Å².